The molecule has 0 radical (unpaired) electrons. The Kier molecular flexibility index (Phi) is 2.97. The second-order valence-electron chi connectivity index (χ2n) is 3.86. The zero-order chi connectivity index (χ0) is 10.7. The first-order valence-electron chi connectivity index (χ1n) is 5.39. The largest absolute Gasteiger partial charge is 0.327 e. The van der Waals surface area contributed by atoms with E-state index in [0.29, 0.717) is 0 Å². The van der Waals surface area contributed by atoms with Gasteiger partial charge in [0.1, 0.15) is 0 Å². The molecule has 1 heterocycles. The third-order valence-corrected chi connectivity index (χ3v) is 2.72. The first-order valence-corrected chi connectivity index (χ1v) is 5.39. The third-order valence-electron chi connectivity index (χ3n) is 2.72. The lowest BCUT2D eigenvalue weighted by molar-refractivity contribution is 0.648. The number of nitrogens with two attached hydrogens (primary N) is 1. The Morgan fingerprint density at radius 1 is 1.27 bits per heavy atom. The molecule has 0 amide bonds. The molecule has 78 valence electrons. The number of nitrogens with zero attached hydrogens (tertiary/aromatic N) is 1. The van der Waals surface area contributed by atoms with Crippen LogP contribution in [0.1, 0.15) is 18.9 Å². The van der Waals surface area contributed by atoms with Crippen LogP contribution in [0.5, 0.6) is 0 Å². The molecule has 0 fully saturated rings. The molecule has 1 aromatic carbocycles. The maximum absolute atomic E-state index is 5.97. The molecule has 2 heteroatoms. The van der Waals surface area contributed by atoms with Crippen molar-refractivity contribution in [2.75, 3.05) is 0 Å². The molecular weight excluding hydrogens is 184 g/mol. The summed E-state index contributed by atoms with van der Waals surface area (Å²) >= 11 is 0. The first-order chi connectivity index (χ1) is 7.31. The van der Waals surface area contributed by atoms with Crippen molar-refractivity contribution in [2.45, 2.75) is 25.8 Å². The third kappa shape index (κ3) is 2.16. The first kappa shape index (κ1) is 10.1. The molecule has 0 aliphatic carbocycles. The van der Waals surface area contributed by atoms with E-state index in [1.165, 1.54) is 10.9 Å². The maximum Gasteiger partial charge on any atom is 0.0734 e. The van der Waals surface area contributed by atoms with E-state index in [9.17, 15) is 0 Å². The Hall–Kier alpha value is -1.41. The predicted octanol–water partition coefficient (Wildman–Crippen LogP) is 2.51. The van der Waals surface area contributed by atoms with Gasteiger partial charge >= 0.3 is 0 Å². The van der Waals surface area contributed by atoms with Crippen molar-refractivity contribution in [1.29, 1.82) is 0 Å². The smallest absolute Gasteiger partial charge is 0.0734 e. The molecule has 0 aliphatic heterocycles. The molecular formula is C13H16N2. The topological polar surface area (TPSA) is 38.9 Å². The molecule has 1 aromatic heterocycles. The molecule has 1 atom stereocenters. The monoisotopic (exact) mass is 200 g/mol. The van der Waals surface area contributed by atoms with Gasteiger partial charge in [0.25, 0.3) is 0 Å². The van der Waals surface area contributed by atoms with Crippen molar-refractivity contribution in [1.82, 2.24) is 4.98 Å². The van der Waals surface area contributed by atoms with E-state index < -0.39 is 0 Å². The summed E-state index contributed by atoms with van der Waals surface area (Å²) in [6, 6.07) is 10.6. The van der Waals surface area contributed by atoms with Crippen LogP contribution >= 0.6 is 0 Å². The average Bonchev–Trinajstić information content (AvgIpc) is 2.29. The molecule has 0 bridgehead atoms. The summed E-state index contributed by atoms with van der Waals surface area (Å²) in [7, 11) is 0. The van der Waals surface area contributed by atoms with Gasteiger partial charge in [-0.2, -0.15) is 0 Å². The van der Waals surface area contributed by atoms with Crippen molar-refractivity contribution in [3.63, 3.8) is 0 Å². The number of hydrogen-bond acceptors (Lipinski definition) is 2. The summed E-state index contributed by atoms with van der Waals surface area (Å²) in [6.45, 7) is 2.11. The van der Waals surface area contributed by atoms with Crippen LogP contribution in [-0.2, 0) is 6.42 Å². The van der Waals surface area contributed by atoms with Gasteiger partial charge in [0.15, 0.2) is 0 Å². The van der Waals surface area contributed by atoms with Crippen LogP contribution < -0.4 is 5.73 Å². The van der Waals surface area contributed by atoms with E-state index in [0.717, 1.165) is 18.4 Å². The van der Waals surface area contributed by atoms with Crippen LogP contribution in [0.3, 0.4) is 0 Å². The SMILES string of the molecule is CCC(N)Cc1cccc2cccnc12. The predicted molar refractivity (Wildman–Crippen MR) is 63.7 cm³/mol. The fraction of sp³-hybridized carbons (Fsp3) is 0.308. The standard InChI is InChI=1S/C13H16N2/c1-2-12(14)9-11-6-3-5-10-7-4-8-15-13(10)11/h3-8,12H,2,9,14H2,1H3. The lowest BCUT2D eigenvalue weighted by Crippen LogP contribution is -2.21. The molecule has 2 aromatic rings. The summed E-state index contributed by atoms with van der Waals surface area (Å²) in [6.07, 6.45) is 3.75. The minimum atomic E-state index is 0.234. The fourth-order valence-corrected chi connectivity index (χ4v) is 1.76. The zero-order valence-electron chi connectivity index (χ0n) is 8.98. The number of fused-ring (bicyclic) bond motifs is 1. The van der Waals surface area contributed by atoms with Crippen LogP contribution in [0, 0.1) is 0 Å². The fourth-order valence-electron chi connectivity index (χ4n) is 1.76. The number of rotatable bonds is 3. The van der Waals surface area contributed by atoms with Crippen LogP contribution in [0.25, 0.3) is 10.9 Å². The molecule has 0 spiro atoms. The van der Waals surface area contributed by atoms with Crippen molar-refractivity contribution in [3.8, 4) is 0 Å². The Bertz CT molecular complexity index is 446. The van der Waals surface area contributed by atoms with Crippen molar-refractivity contribution in [3.05, 3.63) is 42.1 Å². The number of hydrogen-bond donors (Lipinski definition) is 1. The van der Waals surface area contributed by atoms with Crippen LogP contribution in [-0.4, -0.2) is 11.0 Å². The van der Waals surface area contributed by atoms with Crippen molar-refractivity contribution >= 4 is 10.9 Å². The highest BCUT2D eigenvalue weighted by Crippen LogP contribution is 2.17. The van der Waals surface area contributed by atoms with Crippen molar-refractivity contribution in [2.24, 2.45) is 5.73 Å². The lowest BCUT2D eigenvalue weighted by Gasteiger charge is -2.10. The summed E-state index contributed by atoms with van der Waals surface area (Å²) in [5.74, 6) is 0. The second-order valence-corrected chi connectivity index (χ2v) is 3.86. The van der Waals surface area contributed by atoms with Gasteiger partial charge in [0.2, 0.25) is 0 Å². The van der Waals surface area contributed by atoms with Gasteiger partial charge in [-0.25, -0.2) is 0 Å². The van der Waals surface area contributed by atoms with E-state index in [-0.39, 0.29) is 6.04 Å². The Morgan fingerprint density at radius 3 is 2.87 bits per heavy atom. The Morgan fingerprint density at radius 2 is 2.07 bits per heavy atom. The van der Waals surface area contributed by atoms with Crippen LogP contribution in [0.15, 0.2) is 36.5 Å². The highest BCUT2D eigenvalue weighted by atomic mass is 14.7. The van der Waals surface area contributed by atoms with Gasteiger partial charge in [-0.1, -0.05) is 31.2 Å². The minimum absolute atomic E-state index is 0.234. The Balaban J connectivity index is 2.42. The molecule has 15 heavy (non-hydrogen) atoms. The van der Waals surface area contributed by atoms with Crippen molar-refractivity contribution < 1.29 is 0 Å². The average molecular weight is 200 g/mol. The normalized spacial score (nSPS) is 12.9. The maximum atomic E-state index is 5.97. The van der Waals surface area contributed by atoms with E-state index in [1.54, 1.807) is 0 Å². The lowest BCUT2D eigenvalue weighted by atomic mass is 10.0. The molecule has 2 rings (SSSR count). The zero-order valence-corrected chi connectivity index (χ0v) is 8.98. The molecule has 0 saturated carbocycles. The van der Waals surface area contributed by atoms with Gasteiger partial charge in [0.05, 0.1) is 5.52 Å². The quantitative estimate of drug-likeness (QED) is 0.826. The molecule has 2 nitrogen and oxygen atoms in total. The second kappa shape index (κ2) is 4.41. The number of benzene rings is 1. The molecule has 0 aliphatic rings. The van der Waals surface area contributed by atoms with E-state index in [1.807, 2.05) is 12.3 Å². The van der Waals surface area contributed by atoms with E-state index in [4.69, 9.17) is 5.73 Å². The van der Waals surface area contributed by atoms with Gasteiger partial charge in [0, 0.05) is 17.6 Å². The summed E-state index contributed by atoms with van der Waals surface area (Å²) in [5, 5.41) is 1.19. The van der Waals surface area contributed by atoms with Gasteiger partial charge < -0.3 is 5.73 Å². The summed E-state index contributed by atoms with van der Waals surface area (Å²) < 4.78 is 0. The number of para-hydroxylation sites is 1. The molecule has 1 unspecified atom stereocenters. The van der Waals surface area contributed by atoms with Gasteiger partial charge in [-0.05, 0) is 24.5 Å². The van der Waals surface area contributed by atoms with E-state index in [2.05, 4.69) is 36.2 Å². The number of pyridine rings is 1. The molecule has 2 N–H and O–H groups in total. The molecule has 0 saturated heterocycles. The highest BCUT2D eigenvalue weighted by Gasteiger charge is 2.05. The number of aromatic nitrogens is 1. The Labute approximate surface area is 90.1 Å². The summed E-state index contributed by atoms with van der Waals surface area (Å²) in [4.78, 5) is 4.41. The van der Waals surface area contributed by atoms with Gasteiger partial charge in [-0.15, -0.1) is 0 Å². The van der Waals surface area contributed by atoms with Gasteiger partial charge in [-0.3, -0.25) is 4.98 Å². The van der Waals surface area contributed by atoms with Crippen LogP contribution in [0.2, 0.25) is 0 Å². The highest BCUT2D eigenvalue weighted by molar-refractivity contribution is 5.81. The van der Waals surface area contributed by atoms with Crippen LogP contribution in [0.4, 0.5) is 0 Å². The van der Waals surface area contributed by atoms with E-state index >= 15 is 0 Å². The summed E-state index contributed by atoms with van der Waals surface area (Å²) in [5.41, 5.74) is 8.31. The minimum Gasteiger partial charge on any atom is -0.327 e.